The minimum absolute atomic E-state index is 0.472. The first-order valence-corrected chi connectivity index (χ1v) is 6.63. The topological polar surface area (TPSA) is 30.2 Å². The van der Waals surface area contributed by atoms with Gasteiger partial charge in [0, 0.05) is 18.0 Å². The van der Waals surface area contributed by atoms with Crippen molar-refractivity contribution in [1.29, 1.82) is 0 Å². The molecule has 0 bridgehead atoms. The van der Waals surface area contributed by atoms with Gasteiger partial charge in [0.25, 0.3) is 0 Å². The van der Waals surface area contributed by atoms with Crippen LogP contribution in [0.1, 0.15) is 25.3 Å². The van der Waals surface area contributed by atoms with Crippen LogP contribution in [-0.4, -0.2) is 14.6 Å². The lowest BCUT2D eigenvalue weighted by atomic mass is 10.0. The van der Waals surface area contributed by atoms with Gasteiger partial charge < -0.3 is 0 Å². The van der Waals surface area contributed by atoms with E-state index in [1.807, 2.05) is 6.07 Å². The Bertz CT molecular complexity index is 714. The summed E-state index contributed by atoms with van der Waals surface area (Å²) in [6.45, 7) is 4.37. The van der Waals surface area contributed by atoms with Crippen molar-refractivity contribution in [3.8, 4) is 11.3 Å². The average molecular weight is 272 g/mol. The average Bonchev–Trinajstić information content (AvgIpc) is 2.84. The normalized spacial score (nSPS) is 11.4. The third-order valence-electron chi connectivity index (χ3n) is 3.22. The van der Waals surface area contributed by atoms with Gasteiger partial charge in [-0.25, -0.2) is 9.50 Å². The van der Waals surface area contributed by atoms with Crippen molar-refractivity contribution < 1.29 is 0 Å². The highest BCUT2D eigenvalue weighted by molar-refractivity contribution is 6.32. The number of hydrogen-bond acceptors (Lipinski definition) is 2. The van der Waals surface area contributed by atoms with Gasteiger partial charge in [-0.2, -0.15) is 5.10 Å². The van der Waals surface area contributed by atoms with Crippen LogP contribution in [0, 0.1) is 0 Å². The minimum atomic E-state index is 0.472. The second-order valence-electron chi connectivity index (χ2n) is 4.85. The zero-order chi connectivity index (χ0) is 13.4. The first-order valence-electron chi connectivity index (χ1n) is 6.25. The molecule has 0 aliphatic carbocycles. The molecule has 0 saturated carbocycles. The Morgan fingerprint density at radius 3 is 2.53 bits per heavy atom. The SMILES string of the molecule is CC(C)c1ccc(-c2cc3c(Cl)nccn3n2)cc1. The van der Waals surface area contributed by atoms with Crippen molar-refractivity contribution in [3.63, 3.8) is 0 Å². The number of rotatable bonds is 2. The van der Waals surface area contributed by atoms with Gasteiger partial charge in [-0.05, 0) is 17.5 Å². The third-order valence-corrected chi connectivity index (χ3v) is 3.51. The Balaban J connectivity index is 2.06. The molecule has 3 aromatic rings. The van der Waals surface area contributed by atoms with Crippen molar-refractivity contribution in [2.75, 3.05) is 0 Å². The Kier molecular flexibility index (Phi) is 2.99. The molecule has 2 aromatic heterocycles. The Morgan fingerprint density at radius 1 is 1.16 bits per heavy atom. The van der Waals surface area contributed by atoms with E-state index < -0.39 is 0 Å². The van der Waals surface area contributed by atoms with E-state index in [4.69, 9.17) is 11.6 Å². The summed E-state index contributed by atoms with van der Waals surface area (Å²) in [7, 11) is 0. The predicted molar refractivity (Wildman–Crippen MR) is 77.5 cm³/mol. The maximum atomic E-state index is 6.05. The lowest BCUT2D eigenvalue weighted by Crippen LogP contribution is -1.89. The zero-order valence-corrected chi connectivity index (χ0v) is 11.6. The Labute approximate surface area is 116 Å². The highest BCUT2D eigenvalue weighted by Gasteiger charge is 2.08. The van der Waals surface area contributed by atoms with E-state index in [0.717, 1.165) is 16.8 Å². The van der Waals surface area contributed by atoms with Gasteiger partial charge >= 0.3 is 0 Å². The second-order valence-corrected chi connectivity index (χ2v) is 5.21. The molecular weight excluding hydrogens is 258 g/mol. The highest BCUT2D eigenvalue weighted by atomic mass is 35.5. The van der Waals surface area contributed by atoms with E-state index in [0.29, 0.717) is 11.1 Å². The van der Waals surface area contributed by atoms with Crippen molar-refractivity contribution in [1.82, 2.24) is 14.6 Å². The van der Waals surface area contributed by atoms with Crippen LogP contribution >= 0.6 is 11.6 Å². The van der Waals surface area contributed by atoms with Crippen LogP contribution in [0.25, 0.3) is 16.8 Å². The number of halogens is 1. The molecule has 3 rings (SSSR count). The summed E-state index contributed by atoms with van der Waals surface area (Å²) in [5.74, 6) is 0.536. The minimum Gasteiger partial charge on any atom is -0.241 e. The summed E-state index contributed by atoms with van der Waals surface area (Å²) in [5.41, 5.74) is 4.15. The molecule has 0 saturated heterocycles. The van der Waals surface area contributed by atoms with Crippen LogP contribution in [0.5, 0.6) is 0 Å². The molecule has 2 heterocycles. The van der Waals surface area contributed by atoms with Crippen LogP contribution in [0.15, 0.2) is 42.7 Å². The standard InChI is InChI=1S/C15H14ClN3/c1-10(2)11-3-5-12(6-4-11)13-9-14-15(16)17-7-8-19(14)18-13/h3-10H,1-2H3. The molecule has 1 aromatic carbocycles. The smallest absolute Gasteiger partial charge is 0.154 e. The summed E-state index contributed by atoms with van der Waals surface area (Å²) in [6, 6.07) is 10.4. The number of fused-ring (bicyclic) bond motifs is 1. The lowest BCUT2D eigenvalue weighted by molar-refractivity contribution is 0.867. The zero-order valence-electron chi connectivity index (χ0n) is 10.8. The van der Waals surface area contributed by atoms with Gasteiger partial charge in [-0.15, -0.1) is 0 Å². The molecule has 0 aliphatic rings. The lowest BCUT2D eigenvalue weighted by Gasteiger charge is -2.05. The molecule has 0 fully saturated rings. The maximum absolute atomic E-state index is 6.05. The second kappa shape index (κ2) is 4.67. The van der Waals surface area contributed by atoms with Crippen LogP contribution in [0.3, 0.4) is 0 Å². The number of benzene rings is 1. The summed E-state index contributed by atoms with van der Waals surface area (Å²) in [5, 5.41) is 4.98. The van der Waals surface area contributed by atoms with Crippen molar-refractivity contribution in [3.05, 3.63) is 53.4 Å². The van der Waals surface area contributed by atoms with Crippen molar-refractivity contribution >= 4 is 17.1 Å². The highest BCUT2D eigenvalue weighted by Crippen LogP contribution is 2.24. The summed E-state index contributed by atoms with van der Waals surface area (Å²) < 4.78 is 1.75. The van der Waals surface area contributed by atoms with Crippen molar-refractivity contribution in [2.45, 2.75) is 19.8 Å². The van der Waals surface area contributed by atoms with Gasteiger partial charge in [0.15, 0.2) is 5.15 Å². The first kappa shape index (κ1) is 12.2. The fourth-order valence-corrected chi connectivity index (χ4v) is 2.27. The molecule has 0 spiro atoms. The largest absolute Gasteiger partial charge is 0.241 e. The molecule has 0 aliphatic heterocycles. The van der Waals surface area contributed by atoms with E-state index in [9.17, 15) is 0 Å². The van der Waals surface area contributed by atoms with Crippen LogP contribution in [0.4, 0.5) is 0 Å². The van der Waals surface area contributed by atoms with E-state index in [1.165, 1.54) is 5.56 Å². The molecule has 0 radical (unpaired) electrons. The van der Waals surface area contributed by atoms with E-state index in [1.54, 1.807) is 16.9 Å². The van der Waals surface area contributed by atoms with Gasteiger partial charge in [-0.1, -0.05) is 49.7 Å². The fraction of sp³-hybridized carbons (Fsp3) is 0.200. The molecule has 4 heteroatoms. The fourth-order valence-electron chi connectivity index (χ4n) is 2.07. The molecule has 96 valence electrons. The first-order chi connectivity index (χ1) is 9.15. The van der Waals surface area contributed by atoms with E-state index in [2.05, 4.69) is 48.2 Å². The Morgan fingerprint density at radius 2 is 1.89 bits per heavy atom. The predicted octanol–water partition coefficient (Wildman–Crippen LogP) is 4.17. The number of hydrogen-bond donors (Lipinski definition) is 0. The van der Waals surface area contributed by atoms with Gasteiger partial charge in [0.1, 0.15) is 5.52 Å². The molecule has 0 unspecified atom stereocenters. The summed E-state index contributed by atoms with van der Waals surface area (Å²) >= 11 is 6.05. The van der Waals surface area contributed by atoms with Crippen LogP contribution < -0.4 is 0 Å². The molecule has 0 N–H and O–H groups in total. The van der Waals surface area contributed by atoms with Gasteiger partial charge in [0.05, 0.1) is 5.69 Å². The molecular formula is C15H14ClN3. The summed E-state index contributed by atoms with van der Waals surface area (Å²) in [6.07, 6.45) is 3.45. The monoisotopic (exact) mass is 271 g/mol. The molecule has 0 atom stereocenters. The molecule has 3 nitrogen and oxygen atoms in total. The Hall–Kier alpha value is -1.87. The quantitative estimate of drug-likeness (QED) is 0.700. The van der Waals surface area contributed by atoms with Crippen LogP contribution in [-0.2, 0) is 0 Å². The van der Waals surface area contributed by atoms with Crippen LogP contribution in [0.2, 0.25) is 5.15 Å². The summed E-state index contributed by atoms with van der Waals surface area (Å²) in [4.78, 5) is 4.06. The number of nitrogens with zero attached hydrogens (tertiary/aromatic N) is 3. The maximum Gasteiger partial charge on any atom is 0.154 e. The van der Waals surface area contributed by atoms with E-state index >= 15 is 0 Å². The molecule has 0 amide bonds. The van der Waals surface area contributed by atoms with Gasteiger partial charge in [0.2, 0.25) is 0 Å². The number of aromatic nitrogens is 3. The van der Waals surface area contributed by atoms with Gasteiger partial charge in [-0.3, -0.25) is 0 Å². The third kappa shape index (κ3) is 2.22. The van der Waals surface area contributed by atoms with E-state index in [-0.39, 0.29) is 0 Å². The van der Waals surface area contributed by atoms with Crippen molar-refractivity contribution in [2.24, 2.45) is 0 Å². The molecule has 19 heavy (non-hydrogen) atoms.